The van der Waals surface area contributed by atoms with Gasteiger partial charge >= 0.3 is 16.3 Å². The molecule has 2 aromatic carbocycles. The zero-order valence-corrected chi connectivity index (χ0v) is 14.7. The average Bonchev–Trinajstić information content (AvgIpc) is 2.92. The molecule has 0 radical (unpaired) electrons. The molecule has 132 valence electrons. The van der Waals surface area contributed by atoms with Crippen LogP contribution in [0.4, 0.5) is 4.79 Å². The third-order valence-electron chi connectivity index (χ3n) is 4.10. The van der Waals surface area contributed by atoms with Gasteiger partial charge in [-0.15, -0.1) is 0 Å². The summed E-state index contributed by atoms with van der Waals surface area (Å²) in [6, 6.07) is 15.9. The van der Waals surface area contributed by atoms with E-state index in [1.54, 1.807) is 0 Å². The van der Waals surface area contributed by atoms with Crippen molar-refractivity contribution in [2.24, 2.45) is 0 Å². The van der Waals surface area contributed by atoms with Crippen LogP contribution >= 0.6 is 0 Å². The van der Waals surface area contributed by atoms with Crippen molar-refractivity contribution in [2.45, 2.75) is 19.3 Å². The molecule has 3 rings (SSSR count). The van der Waals surface area contributed by atoms with Crippen LogP contribution in [0.1, 0.15) is 30.4 Å². The molecular weight excluding hydrogens is 340 g/mol. The van der Waals surface area contributed by atoms with Gasteiger partial charge in [0, 0.05) is 12.5 Å². The van der Waals surface area contributed by atoms with Crippen LogP contribution < -0.4 is 9.44 Å². The topological polar surface area (TPSA) is 84.5 Å². The Labute approximate surface area is 147 Å². The van der Waals surface area contributed by atoms with Gasteiger partial charge < -0.3 is 4.74 Å². The molecule has 0 heterocycles. The minimum Gasteiger partial charge on any atom is -0.448 e. The van der Waals surface area contributed by atoms with E-state index >= 15 is 0 Å². The Morgan fingerprint density at radius 3 is 2.16 bits per heavy atom. The molecule has 7 heteroatoms. The van der Waals surface area contributed by atoms with Gasteiger partial charge in [0.05, 0.1) is 0 Å². The fraction of sp³-hybridized carbons (Fsp3) is 0.278. The summed E-state index contributed by atoms with van der Waals surface area (Å²) in [7, 11) is -3.88. The van der Waals surface area contributed by atoms with Gasteiger partial charge in [-0.2, -0.15) is 13.1 Å². The van der Waals surface area contributed by atoms with Crippen LogP contribution in [0.15, 0.2) is 48.5 Å². The number of fused-ring (bicyclic) bond motifs is 3. The summed E-state index contributed by atoms with van der Waals surface area (Å²) in [6.45, 7) is 2.16. The van der Waals surface area contributed by atoms with E-state index in [2.05, 4.69) is 4.72 Å². The Bertz CT molecular complexity index is 835. The predicted molar refractivity (Wildman–Crippen MR) is 95.4 cm³/mol. The fourth-order valence-corrected chi connectivity index (χ4v) is 3.83. The maximum absolute atomic E-state index is 11.9. The molecule has 0 unspecified atom stereocenters. The highest BCUT2D eigenvalue weighted by atomic mass is 32.2. The molecule has 0 saturated carbocycles. The first-order chi connectivity index (χ1) is 12.0. The van der Waals surface area contributed by atoms with Crippen LogP contribution in [-0.2, 0) is 14.9 Å². The van der Waals surface area contributed by atoms with Crippen molar-refractivity contribution in [1.82, 2.24) is 9.44 Å². The Morgan fingerprint density at radius 1 is 1.04 bits per heavy atom. The van der Waals surface area contributed by atoms with Gasteiger partial charge in [-0.05, 0) is 28.7 Å². The number of carbonyl (C=O) groups is 1. The molecule has 0 aromatic heterocycles. The van der Waals surface area contributed by atoms with Crippen molar-refractivity contribution in [1.29, 1.82) is 0 Å². The van der Waals surface area contributed by atoms with Crippen LogP contribution in [0.2, 0.25) is 0 Å². The summed E-state index contributed by atoms with van der Waals surface area (Å²) < 4.78 is 32.6. The number of benzene rings is 2. The Morgan fingerprint density at radius 2 is 1.60 bits per heavy atom. The van der Waals surface area contributed by atoms with Gasteiger partial charge in [0.1, 0.15) is 6.61 Å². The second kappa shape index (κ2) is 7.25. The minimum atomic E-state index is -3.88. The Kier molecular flexibility index (Phi) is 5.06. The standard InChI is InChI=1S/C18H20N2O4S/c1-2-11-19-25(22,23)20-18(21)24-12-17-15-9-5-3-7-13(15)14-8-4-6-10-16(14)17/h3-10,17,19H,2,11-12H2,1H3,(H,20,21). The zero-order chi connectivity index (χ0) is 17.9. The number of hydrogen-bond donors (Lipinski definition) is 2. The normalized spacial score (nSPS) is 13.2. The van der Waals surface area contributed by atoms with E-state index in [0.29, 0.717) is 6.42 Å². The molecule has 2 aromatic rings. The summed E-state index contributed by atoms with van der Waals surface area (Å²) in [4.78, 5) is 11.9. The highest BCUT2D eigenvalue weighted by molar-refractivity contribution is 7.88. The predicted octanol–water partition coefficient (Wildman–Crippen LogP) is 2.77. The number of rotatable bonds is 6. The second-order valence-corrected chi connectivity index (χ2v) is 7.33. The number of amides is 1. The molecular formula is C18H20N2O4S. The lowest BCUT2D eigenvalue weighted by Crippen LogP contribution is -2.41. The number of ether oxygens (including phenoxy) is 1. The van der Waals surface area contributed by atoms with Crippen LogP contribution in [0.3, 0.4) is 0 Å². The van der Waals surface area contributed by atoms with E-state index in [0.717, 1.165) is 22.3 Å². The number of nitrogens with one attached hydrogen (secondary N) is 2. The van der Waals surface area contributed by atoms with Gasteiger partial charge in [0.2, 0.25) is 0 Å². The molecule has 0 aliphatic heterocycles. The van der Waals surface area contributed by atoms with E-state index < -0.39 is 16.3 Å². The molecule has 2 N–H and O–H groups in total. The van der Waals surface area contributed by atoms with Crippen molar-refractivity contribution in [3.05, 3.63) is 59.7 Å². The number of carbonyl (C=O) groups excluding carboxylic acids is 1. The molecule has 0 spiro atoms. The average molecular weight is 360 g/mol. The first-order valence-corrected chi connectivity index (χ1v) is 9.62. The van der Waals surface area contributed by atoms with Crippen molar-refractivity contribution in [3.63, 3.8) is 0 Å². The lowest BCUT2D eigenvalue weighted by molar-refractivity contribution is 0.149. The number of hydrogen-bond acceptors (Lipinski definition) is 4. The quantitative estimate of drug-likeness (QED) is 0.830. The van der Waals surface area contributed by atoms with E-state index in [1.807, 2.05) is 60.2 Å². The monoisotopic (exact) mass is 360 g/mol. The molecule has 25 heavy (non-hydrogen) atoms. The Balaban J connectivity index is 1.70. The van der Waals surface area contributed by atoms with Crippen molar-refractivity contribution >= 4 is 16.3 Å². The van der Waals surface area contributed by atoms with Crippen molar-refractivity contribution in [3.8, 4) is 11.1 Å². The maximum atomic E-state index is 11.9. The highest BCUT2D eigenvalue weighted by Gasteiger charge is 2.29. The summed E-state index contributed by atoms with van der Waals surface area (Å²) in [5.41, 5.74) is 4.38. The van der Waals surface area contributed by atoms with Crippen LogP contribution in [-0.4, -0.2) is 27.7 Å². The third kappa shape index (κ3) is 3.83. The fourth-order valence-electron chi connectivity index (χ4n) is 3.01. The molecule has 0 fully saturated rings. The lowest BCUT2D eigenvalue weighted by atomic mass is 9.98. The van der Waals surface area contributed by atoms with E-state index in [1.165, 1.54) is 0 Å². The molecule has 1 aliphatic rings. The van der Waals surface area contributed by atoms with Crippen LogP contribution in [0, 0.1) is 0 Å². The summed E-state index contributed by atoms with van der Waals surface area (Å²) >= 11 is 0. The largest absolute Gasteiger partial charge is 0.448 e. The molecule has 1 aliphatic carbocycles. The second-order valence-electron chi connectivity index (χ2n) is 5.83. The summed E-state index contributed by atoms with van der Waals surface area (Å²) in [5, 5.41) is 0. The van der Waals surface area contributed by atoms with Gasteiger partial charge in [0.15, 0.2) is 0 Å². The summed E-state index contributed by atoms with van der Waals surface area (Å²) in [6.07, 6.45) is -0.350. The Hall–Kier alpha value is -2.38. The third-order valence-corrected chi connectivity index (χ3v) is 5.12. The van der Waals surface area contributed by atoms with Crippen LogP contribution in [0.5, 0.6) is 0 Å². The van der Waals surface area contributed by atoms with Gasteiger partial charge in [-0.3, -0.25) is 0 Å². The SMILES string of the molecule is CCCNS(=O)(=O)NC(=O)OCC1c2ccccc2-c2ccccc21. The van der Waals surface area contributed by atoms with Crippen molar-refractivity contribution in [2.75, 3.05) is 13.2 Å². The smallest absolute Gasteiger partial charge is 0.421 e. The maximum Gasteiger partial charge on any atom is 0.421 e. The van der Waals surface area contributed by atoms with E-state index in [-0.39, 0.29) is 19.1 Å². The molecule has 6 nitrogen and oxygen atoms in total. The van der Waals surface area contributed by atoms with Crippen LogP contribution in [0.25, 0.3) is 11.1 Å². The van der Waals surface area contributed by atoms with E-state index in [4.69, 9.17) is 4.74 Å². The molecule has 0 saturated heterocycles. The minimum absolute atomic E-state index is 0.0726. The molecule has 0 bridgehead atoms. The van der Waals surface area contributed by atoms with Gasteiger partial charge in [-0.25, -0.2) is 9.52 Å². The van der Waals surface area contributed by atoms with Gasteiger partial charge in [0.25, 0.3) is 0 Å². The van der Waals surface area contributed by atoms with Crippen molar-refractivity contribution < 1.29 is 17.9 Å². The zero-order valence-electron chi connectivity index (χ0n) is 13.9. The summed E-state index contributed by atoms with van der Waals surface area (Å²) in [5.74, 6) is -0.107. The first kappa shape index (κ1) is 17.4. The van der Waals surface area contributed by atoms with Gasteiger partial charge in [-0.1, -0.05) is 55.5 Å². The highest BCUT2D eigenvalue weighted by Crippen LogP contribution is 2.44. The lowest BCUT2D eigenvalue weighted by Gasteiger charge is -2.14. The van der Waals surface area contributed by atoms with E-state index in [9.17, 15) is 13.2 Å². The first-order valence-electron chi connectivity index (χ1n) is 8.14. The molecule has 0 atom stereocenters. The molecule has 1 amide bonds.